The predicted octanol–water partition coefficient (Wildman–Crippen LogP) is 3.58. The molecule has 1 aromatic heterocycles. The van der Waals surface area contributed by atoms with Crippen molar-refractivity contribution in [3.63, 3.8) is 0 Å². The van der Waals surface area contributed by atoms with Crippen LogP contribution < -0.4 is 0 Å². The van der Waals surface area contributed by atoms with Crippen molar-refractivity contribution in [3.05, 3.63) is 24.1 Å². The number of hydrogen-bond donors (Lipinski definition) is 1. The number of fused-ring (bicyclic) bond motifs is 1. The average Bonchev–Trinajstić information content (AvgIpc) is 2.76. The van der Waals surface area contributed by atoms with Crippen LogP contribution in [0.3, 0.4) is 0 Å². The van der Waals surface area contributed by atoms with E-state index in [1.54, 1.807) is 12.1 Å². The molecule has 0 radical (unpaired) electrons. The van der Waals surface area contributed by atoms with Gasteiger partial charge in [-0.1, -0.05) is 25.3 Å². The zero-order chi connectivity index (χ0) is 11.0. The first-order chi connectivity index (χ1) is 7.84. The van der Waals surface area contributed by atoms with E-state index in [-0.39, 0.29) is 5.75 Å². The van der Waals surface area contributed by atoms with Crippen molar-refractivity contribution in [1.29, 1.82) is 0 Å². The molecular formula is C13H15NO2. The number of hydrogen-bond acceptors (Lipinski definition) is 3. The molecule has 1 aliphatic carbocycles. The van der Waals surface area contributed by atoms with E-state index in [1.807, 2.05) is 6.07 Å². The van der Waals surface area contributed by atoms with Gasteiger partial charge < -0.3 is 9.52 Å². The van der Waals surface area contributed by atoms with E-state index in [2.05, 4.69) is 4.98 Å². The van der Waals surface area contributed by atoms with Gasteiger partial charge in [0.1, 0.15) is 5.75 Å². The van der Waals surface area contributed by atoms with Crippen molar-refractivity contribution in [2.75, 3.05) is 0 Å². The van der Waals surface area contributed by atoms with Crippen LogP contribution in [0.1, 0.15) is 43.9 Å². The highest BCUT2D eigenvalue weighted by atomic mass is 16.4. The molecule has 0 unspecified atom stereocenters. The molecule has 0 saturated heterocycles. The highest BCUT2D eigenvalue weighted by Gasteiger charge is 2.21. The molecule has 16 heavy (non-hydrogen) atoms. The van der Waals surface area contributed by atoms with Crippen LogP contribution >= 0.6 is 0 Å². The lowest BCUT2D eigenvalue weighted by molar-refractivity contribution is 0.373. The summed E-state index contributed by atoms with van der Waals surface area (Å²) in [4.78, 5) is 4.42. The third kappa shape index (κ3) is 1.56. The van der Waals surface area contributed by atoms with Crippen LogP contribution in [-0.4, -0.2) is 10.1 Å². The largest absolute Gasteiger partial charge is 0.506 e. The van der Waals surface area contributed by atoms with E-state index >= 15 is 0 Å². The number of benzene rings is 1. The van der Waals surface area contributed by atoms with Crippen LogP contribution in [0.4, 0.5) is 0 Å². The van der Waals surface area contributed by atoms with Crippen molar-refractivity contribution in [1.82, 2.24) is 4.98 Å². The summed E-state index contributed by atoms with van der Waals surface area (Å²) in [5.41, 5.74) is 1.30. The average molecular weight is 217 g/mol. The Hall–Kier alpha value is -1.51. The van der Waals surface area contributed by atoms with Gasteiger partial charge in [-0.3, -0.25) is 0 Å². The van der Waals surface area contributed by atoms with Gasteiger partial charge in [-0.15, -0.1) is 0 Å². The molecule has 2 aromatic rings. The number of phenolic OH excluding ortho intramolecular Hbond substituents is 1. The predicted molar refractivity (Wildman–Crippen MR) is 61.5 cm³/mol. The molecule has 3 heteroatoms. The minimum Gasteiger partial charge on any atom is -0.506 e. The highest BCUT2D eigenvalue weighted by molar-refractivity contribution is 5.79. The lowest BCUT2D eigenvalue weighted by Crippen LogP contribution is -2.04. The maximum atomic E-state index is 9.66. The molecular weight excluding hydrogens is 202 g/mol. The number of aromatic nitrogens is 1. The van der Waals surface area contributed by atoms with Gasteiger partial charge in [-0.25, -0.2) is 4.98 Å². The van der Waals surface area contributed by atoms with Gasteiger partial charge in [0.25, 0.3) is 0 Å². The Morgan fingerprint density at radius 3 is 2.75 bits per heavy atom. The quantitative estimate of drug-likeness (QED) is 0.794. The van der Waals surface area contributed by atoms with Crippen molar-refractivity contribution >= 4 is 11.1 Å². The summed E-state index contributed by atoms with van der Waals surface area (Å²) in [5, 5.41) is 9.66. The Kier molecular flexibility index (Phi) is 2.31. The summed E-state index contributed by atoms with van der Waals surface area (Å²) in [6.07, 6.45) is 6.16. The van der Waals surface area contributed by atoms with E-state index in [0.717, 1.165) is 18.7 Å². The number of nitrogens with zero attached hydrogens (tertiary/aromatic N) is 1. The minimum absolute atomic E-state index is 0.211. The molecule has 1 fully saturated rings. The summed E-state index contributed by atoms with van der Waals surface area (Å²) in [5.74, 6) is 1.46. The molecule has 0 amide bonds. The molecule has 1 aromatic carbocycles. The molecule has 1 heterocycles. The zero-order valence-corrected chi connectivity index (χ0v) is 9.15. The van der Waals surface area contributed by atoms with Crippen LogP contribution in [0.5, 0.6) is 5.75 Å². The van der Waals surface area contributed by atoms with Crippen LogP contribution in [0.2, 0.25) is 0 Å². The number of para-hydroxylation sites is 1. The highest BCUT2D eigenvalue weighted by Crippen LogP contribution is 2.35. The lowest BCUT2D eigenvalue weighted by atomic mass is 9.89. The summed E-state index contributed by atoms with van der Waals surface area (Å²) >= 11 is 0. The van der Waals surface area contributed by atoms with Gasteiger partial charge in [-0.05, 0) is 25.0 Å². The number of oxazole rings is 1. The first-order valence-electron chi connectivity index (χ1n) is 5.93. The second-order valence-electron chi connectivity index (χ2n) is 4.51. The first-order valence-corrected chi connectivity index (χ1v) is 5.93. The third-order valence-electron chi connectivity index (χ3n) is 3.37. The fourth-order valence-corrected chi connectivity index (χ4v) is 2.48. The molecule has 3 rings (SSSR count). The zero-order valence-electron chi connectivity index (χ0n) is 9.15. The van der Waals surface area contributed by atoms with Crippen molar-refractivity contribution in [2.24, 2.45) is 0 Å². The van der Waals surface area contributed by atoms with Gasteiger partial charge >= 0.3 is 0 Å². The van der Waals surface area contributed by atoms with Crippen molar-refractivity contribution in [2.45, 2.75) is 38.0 Å². The van der Waals surface area contributed by atoms with Gasteiger partial charge in [-0.2, -0.15) is 0 Å². The summed E-state index contributed by atoms with van der Waals surface area (Å²) in [7, 11) is 0. The SMILES string of the molecule is Oc1cccc2oc(C3CCCCC3)nc12. The topological polar surface area (TPSA) is 46.3 Å². The Bertz CT molecular complexity index is 498. The van der Waals surface area contributed by atoms with E-state index in [0.29, 0.717) is 17.0 Å². The van der Waals surface area contributed by atoms with Crippen LogP contribution in [0.25, 0.3) is 11.1 Å². The smallest absolute Gasteiger partial charge is 0.198 e. The molecule has 1 N–H and O–H groups in total. The number of phenols is 1. The Morgan fingerprint density at radius 2 is 2.00 bits per heavy atom. The maximum absolute atomic E-state index is 9.66. The van der Waals surface area contributed by atoms with E-state index in [9.17, 15) is 5.11 Å². The normalized spacial score (nSPS) is 18.0. The molecule has 0 spiro atoms. The summed E-state index contributed by atoms with van der Waals surface area (Å²) in [6, 6.07) is 5.29. The van der Waals surface area contributed by atoms with Crippen molar-refractivity contribution in [3.8, 4) is 5.75 Å². The molecule has 84 valence electrons. The van der Waals surface area contributed by atoms with Crippen molar-refractivity contribution < 1.29 is 9.52 Å². The standard InChI is InChI=1S/C13H15NO2/c15-10-7-4-8-11-12(10)14-13(16-11)9-5-2-1-3-6-9/h4,7-9,15H,1-3,5-6H2. The molecule has 1 saturated carbocycles. The number of rotatable bonds is 1. The molecule has 0 atom stereocenters. The van der Waals surface area contributed by atoms with Gasteiger partial charge in [0, 0.05) is 5.92 Å². The van der Waals surface area contributed by atoms with Crippen LogP contribution in [-0.2, 0) is 0 Å². The second kappa shape index (κ2) is 3.81. The van der Waals surface area contributed by atoms with Gasteiger partial charge in [0.15, 0.2) is 17.0 Å². The number of aromatic hydroxyl groups is 1. The fourth-order valence-electron chi connectivity index (χ4n) is 2.48. The Balaban J connectivity index is 2.01. The molecule has 1 aliphatic rings. The van der Waals surface area contributed by atoms with E-state index in [4.69, 9.17) is 4.42 Å². The summed E-state index contributed by atoms with van der Waals surface area (Å²) < 4.78 is 5.72. The van der Waals surface area contributed by atoms with E-state index < -0.39 is 0 Å². The Labute approximate surface area is 94.1 Å². The lowest BCUT2D eigenvalue weighted by Gasteiger charge is -2.17. The van der Waals surface area contributed by atoms with E-state index in [1.165, 1.54) is 19.3 Å². The van der Waals surface area contributed by atoms with Crippen LogP contribution in [0, 0.1) is 0 Å². The van der Waals surface area contributed by atoms with Gasteiger partial charge in [0.2, 0.25) is 0 Å². The molecule has 0 aliphatic heterocycles. The molecule has 3 nitrogen and oxygen atoms in total. The summed E-state index contributed by atoms with van der Waals surface area (Å²) in [6.45, 7) is 0. The second-order valence-corrected chi connectivity index (χ2v) is 4.51. The minimum atomic E-state index is 0.211. The van der Waals surface area contributed by atoms with Gasteiger partial charge in [0.05, 0.1) is 0 Å². The molecule has 0 bridgehead atoms. The monoisotopic (exact) mass is 217 g/mol. The maximum Gasteiger partial charge on any atom is 0.198 e. The fraction of sp³-hybridized carbons (Fsp3) is 0.462. The Morgan fingerprint density at radius 1 is 1.19 bits per heavy atom. The first kappa shape index (κ1) is 9.70. The third-order valence-corrected chi connectivity index (χ3v) is 3.37. The van der Waals surface area contributed by atoms with Crippen LogP contribution in [0.15, 0.2) is 22.6 Å².